The van der Waals surface area contributed by atoms with Gasteiger partial charge in [-0.1, -0.05) is 0 Å². The van der Waals surface area contributed by atoms with E-state index in [1.165, 1.54) is 19.2 Å². The Hall–Kier alpha value is -1.45. The van der Waals surface area contributed by atoms with E-state index in [1.54, 1.807) is 6.92 Å². The van der Waals surface area contributed by atoms with Crippen LogP contribution in [0.25, 0.3) is 0 Å². The maximum absolute atomic E-state index is 13.5. The smallest absolute Gasteiger partial charge is 0.423 e. The summed E-state index contributed by atoms with van der Waals surface area (Å²) in [6, 6.07) is 3.86. The van der Waals surface area contributed by atoms with Crippen molar-refractivity contribution in [2.24, 2.45) is 0 Å². The zero-order chi connectivity index (χ0) is 16.0. The minimum atomic E-state index is -3.89. The van der Waals surface area contributed by atoms with E-state index in [-0.39, 0.29) is 17.4 Å². The molecule has 0 aliphatic carbocycles. The van der Waals surface area contributed by atoms with Gasteiger partial charge in [-0.3, -0.25) is 4.79 Å². The quantitative estimate of drug-likeness (QED) is 0.722. The average Bonchev–Trinajstić information content (AvgIpc) is 2.36. The predicted octanol–water partition coefficient (Wildman–Crippen LogP) is 3.66. The van der Waals surface area contributed by atoms with Gasteiger partial charge in [-0.05, 0) is 41.6 Å². The van der Waals surface area contributed by atoms with E-state index in [1.807, 2.05) is 0 Å². The van der Waals surface area contributed by atoms with Crippen molar-refractivity contribution in [1.82, 2.24) is 5.32 Å². The zero-order valence-corrected chi connectivity index (χ0v) is 13.4. The number of amides is 1. The van der Waals surface area contributed by atoms with E-state index < -0.39 is 21.6 Å². The maximum Gasteiger partial charge on any atom is 0.423 e. The molecule has 1 rings (SSSR count). The Labute approximate surface area is 133 Å². The van der Waals surface area contributed by atoms with Gasteiger partial charge in [0.05, 0.1) is 18.7 Å². The molecule has 0 aliphatic heterocycles. The van der Waals surface area contributed by atoms with E-state index in [0.717, 1.165) is 28.7 Å². The van der Waals surface area contributed by atoms with Gasteiger partial charge in [-0.15, -0.1) is 0 Å². The summed E-state index contributed by atoms with van der Waals surface area (Å²) >= 11 is 1.09. The van der Waals surface area contributed by atoms with Crippen LogP contribution in [0.5, 0.6) is 11.5 Å². The fourth-order valence-electron chi connectivity index (χ4n) is 1.46. The predicted molar refractivity (Wildman–Crippen MR) is 79.8 cm³/mol. The van der Waals surface area contributed by atoms with Gasteiger partial charge in [0.15, 0.2) is 3.83 Å². The van der Waals surface area contributed by atoms with Gasteiger partial charge >= 0.3 is 6.11 Å². The molecule has 0 atom stereocenters. The molecular weight excluding hydrogens is 402 g/mol. The monoisotopic (exact) mass is 415 g/mol. The van der Waals surface area contributed by atoms with Crippen LogP contribution in [0.2, 0.25) is 0 Å². The molecule has 1 aromatic rings. The number of carbonyl (C=O) groups excluding carboxylic acids is 1. The highest BCUT2D eigenvalue weighted by molar-refractivity contribution is 14.1. The normalized spacial score (nSPS) is 12.0. The molecule has 0 aromatic heterocycles. The second-order valence-electron chi connectivity index (χ2n) is 3.82. The molecule has 21 heavy (non-hydrogen) atoms. The van der Waals surface area contributed by atoms with Gasteiger partial charge in [-0.2, -0.15) is 13.2 Å². The molecule has 0 aliphatic rings. The van der Waals surface area contributed by atoms with Crippen LogP contribution in [0.15, 0.2) is 28.1 Å². The Morgan fingerprint density at radius 1 is 1.48 bits per heavy atom. The first-order valence-electron chi connectivity index (χ1n) is 5.86. The number of rotatable bonds is 6. The Morgan fingerprint density at radius 3 is 2.67 bits per heavy atom. The maximum atomic E-state index is 13.5. The van der Waals surface area contributed by atoms with Crippen LogP contribution in [-0.2, 0) is 0 Å². The van der Waals surface area contributed by atoms with Crippen molar-refractivity contribution in [1.29, 1.82) is 0 Å². The largest absolute Gasteiger partial charge is 0.497 e. The van der Waals surface area contributed by atoms with Gasteiger partial charge in [0, 0.05) is 12.6 Å². The fourth-order valence-corrected chi connectivity index (χ4v) is 1.82. The number of alkyl halides is 2. The highest BCUT2D eigenvalue weighted by atomic mass is 127. The highest BCUT2D eigenvalue weighted by Gasteiger charge is 2.31. The van der Waals surface area contributed by atoms with Crippen molar-refractivity contribution >= 4 is 28.5 Å². The standard InChI is InChI=1S/C13H13F3INO3/c1-3-18-12(19)9-5-4-8(20-2)6-10(9)21-13(15,16)7-11(14)17/h4-7H,3H2,1-2H3,(H,18,19)/b11-7+. The first-order valence-corrected chi connectivity index (χ1v) is 6.94. The van der Waals surface area contributed by atoms with E-state index in [0.29, 0.717) is 6.54 Å². The average molecular weight is 415 g/mol. The highest BCUT2D eigenvalue weighted by Crippen LogP contribution is 2.31. The van der Waals surface area contributed by atoms with Crippen LogP contribution < -0.4 is 14.8 Å². The molecule has 1 N–H and O–H groups in total. The van der Waals surface area contributed by atoms with Crippen LogP contribution >= 0.6 is 22.6 Å². The zero-order valence-electron chi connectivity index (χ0n) is 11.3. The second-order valence-corrected chi connectivity index (χ2v) is 4.85. The molecule has 1 aromatic carbocycles. The number of hydrogen-bond donors (Lipinski definition) is 1. The summed E-state index contributed by atoms with van der Waals surface area (Å²) < 4.78 is 47.9. The molecule has 0 saturated carbocycles. The molecule has 4 nitrogen and oxygen atoms in total. The molecular formula is C13H13F3INO3. The number of benzene rings is 1. The third-order valence-corrected chi connectivity index (χ3v) is 2.61. The number of ether oxygens (including phenoxy) is 2. The molecule has 0 spiro atoms. The van der Waals surface area contributed by atoms with Crippen molar-refractivity contribution in [2.45, 2.75) is 13.0 Å². The van der Waals surface area contributed by atoms with Gasteiger partial charge in [-0.25, -0.2) is 0 Å². The van der Waals surface area contributed by atoms with E-state index in [9.17, 15) is 18.0 Å². The number of methoxy groups -OCH3 is 1. The topological polar surface area (TPSA) is 47.6 Å². The Morgan fingerprint density at radius 2 is 2.14 bits per heavy atom. The molecule has 1 amide bonds. The lowest BCUT2D eigenvalue weighted by molar-refractivity contribution is -0.132. The molecule has 116 valence electrons. The molecule has 0 saturated heterocycles. The molecule has 8 heteroatoms. The molecule has 0 unspecified atom stereocenters. The van der Waals surface area contributed by atoms with Crippen molar-refractivity contribution in [2.75, 3.05) is 13.7 Å². The van der Waals surface area contributed by atoms with Gasteiger partial charge in [0.2, 0.25) is 0 Å². The molecule has 0 radical (unpaired) electrons. The van der Waals surface area contributed by atoms with Crippen LogP contribution in [-0.4, -0.2) is 25.7 Å². The van der Waals surface area contributed by atoms with Gasteiger partial charge in [0.25, 0.3) is 5.91 Å². The summed E-state index contributed by atoms with van der Waals surface area (Å²) in [6.07, 6.45) is -3.88. The summed E-state index contributed by atoms with van der Waals surface area (Å²) in [4.78, 5) is 11.8. The molecule has 0 heterocycles. The summed E-state index contributed by atoms with van der Waals surface area (Å²) in [7, 11) is 1.34. The van der Waals surface area contributed by atoms with Crippen molar-refractivity contribution in [3.63, 3.8) is 0 Å². The van der Waals surface area contributed by atoms with Gasteiger partial charge in [0.1, 0.15) is 11.5 Å². The van der Waals surface area contributed by atoms with E-state index >= 15 is 0 Å². The van der Waals surface area contributed by atoms with Crippen molar-refractivity contribution in [3.8, 4) is 11.5 Å². The van der Waals surface area contributed by atoms with E-state index in [2.05, 4.69) is 10.1 Å². The number of hydrogen-bond acceptors (Lipinski definition) is 3. The third-order valence-electron chi connectivity index (χ3n) is 2.29. The molecule has 0 bridgehead atoms. The van der Waals surface area contributed by atoms with Gasteiger partial charge < -0.3 is 14.8 Å². The van der Waals surface area contributed by atoms with Crippen LogP contribution in [0.4, 0.5) is 13.2 Å². The third kappa shape index (κ3) is 5.44. The lowest BCUT2D eigenvalue weighted by atomic mass is 10.1. The number of nitrogens with one attached hydrogen (secondary N) is 1. The van der Waals surface area contributed by atoms with Crippen LogP contribution in [0.3, 0.4) is 0 Å². The lowest BCUT2D eigenvalue weighted by Gasteiger charge is -2.17. The number of carbonyl (C=O) groups is 1. The summed E-state index contributed by atoms with van der Waals surface area (Å²) in [5, 5.41) is 2.47. The number of halogens is 4. The summed E-state index contributed by atoms with van der Waals surface area (Å²) in [6.45, 7) is 2.01. The molecule has 0 fully saturated rings. The van der Waals surface area contributed by atoms with Crippen LogP contribution in [0.1, 0.15) is 17.3 Å². The van der Waals surface area contributed by atoms with Crippen molar-refractivity contribution < 1.29 is 27.4 Å². The summed E-state index contributed by atoms with van der Waals surface area (Å²) in [5.74, 6) is -0.753. The fraction of sp³-hybridized carbons (Fsp3) is 0.308. The Bertz CT molecular complexity index is 545. The lowest BCUT2D eigenvalue weighted by Crippen LogP contribution is -2.27. The Kier molecular flexibility index (Phi) is 6.31. The Balaban J connectivity index is 3.18. The summed E-state index contributed by atoms with van der Waals surface area (Å²) in [5.41, 5.74) is -0.0976. The van der Waals surface area contributed by atoms with E-state index in [4.69, 9.17) is 4.74 Å². The van der Waals surface area contributed by atoms with Crippen LogP contribution in [0, 0.1) is 0 Å². The minimum Gasteiger partial charge on any atom is -0.497 e. The second kappa shape index (κ2) is 7.53. The van der Waals surface area contributed by atoms with Crippen molar-refractivity contribution in [3.05, 3.63) is 33.7 Å². The first kappa shape index (κ1) is 17.6. The first-order chi connectivity index (χ1) is 9.79. The minimum absolute atomic E-state index is 0.00847. The SMILES string of the molecule is CCNC(=O)c1ccc(OC)cc1OC(F)(F)/C=C(\F)I.